The van der Waals surface area contributed by atoms with Gasteiger partial charge in [0, 0.05) is 12.8 Å². The minimum absolute atomic E-state index is 0.220. The number of hydrogen-bond donors (Lipinski definition) is 2. The van der Waals surface area contributed by atoms with Crippen molar-refractivity contribution in [2.45, 2.75) is 225 Å². The summed E-state index contributed by atoms with van der Waals surface area (Å²) in [5, 5.41) is 0. The van der Waals surface area contributed by atoms with Crippen LogP contribution >= 0.6 is 7.75 Å². The van der Waals surface area contributed by atoms with E-state index in [4.69, 9.17) is 19.5 Å². The minimum Gasteiger partial charge on any atom is -0.462 e. The average molecular weight is 704 g/mol. The van der Waals surface area contributed by atoms with Crippen LogP contribution in [0.15, 0.2) is 0 Å². The van der Waals surface area contributed by atoms with Crippen LogP contribution in [0.4, 0.5) is 0 Å². The molecule has 0 aliphatic rings. The molecule has 0 aromatic heterocycles. The fourth-order valence-corrected chi connectivity index (χ4v) is 6.47. The first-order valence-corrected chi connectivity index (χ1v) is 22.0. The molecule has 0 aromatic carbocycles. The lowest BCUT2D eigenvalue weighted by molar-refractivity contribution is -0.161. The predicted octanol–water partition coefficient (Wildman–Crippen LogP) is 12.0. The molecule has 0 aromatic rings. The molecule has 9 heteroatoms. The quantitative estimate of drug-likeness (QED) is 0.0370. The van der Waals surface area contributed by atoms with Gasteiger partial charge in [-0.25, -0.2) is 10.1 Å². The van der Waals surface area contributed by atoms with Gasteiger partial charge < -0.3 is 14.4 Å². The van der Waals surface area contributed by atoms with E-state index in [1.54, 1.807) is 0 Å². The fourth-order valence-electron chi connectivity index (χ4n) is 6.09. The third-order valence-electron chi connectivity index (χ3n) is 9.14. The molecule has 3 N–H and O–H groups in total. The third-order valence-corrected chi connectivity index (χ3v) is 9.66. The molecular weight excluding hydrogens is 625 g/mol. The van der Waals surface area contributed by atoms with E-state index in [2.05, 4.69) is 13.8 Å². The van der Waals surface area contributed by atoms with Gasteiger partial charge in [0.25, 0.3) is 0 Å². The summed E-state index contributed by atoms with van der Waals surface area (Å²) in [6.07, 6.45) is 37.2. The zero-order chi connectivity index (χ0) is 35.4. The molecule has 0 fully saturated rings. The molecule has 0 spiro atoms. The zero-order valence-electron chi connectivity index (χ0n) is 31.5. The summed E-state index contributed by atoms with van der Waals surface area (Å²) in [5.74, 6) is -0.797. The van der Waals surface area contributed by atoms with Crippen molar-refractivity contribution >= 4 is 19.7 Å². The SMILES string of the molecule is CCCCCCCCCCCCCCCCCC(=O)OC[C@H](COP(N)(=O)O)OC(=O)CCCCCCCCCCCCCCCCC. The average Bonchev–Trinajstić information content (AvgIpc) is 3.05. The van der Waals surface area contributed by atoms with Crippen molar-refractivity contribution in [1.29, 1.82) is 0 Å². The molecule has 0 aliphatic carbocycles. The van der Waals surface area contributed by atoms with Crippen LogP contribution in [0.25, 0.3) is 0 Å². The standard InChI is InChI=1S/C39H78NO7P/c1-3-5-7-9-11-13-15-17-19-21-23-25-27-29-31-33-38(41)45-35-37(36-46-48(40,43)44)47-39(42)34-32-30-28-26-24-22-20-18-16-14-12-10-8-6-4-2/h37H,3-36H2,1-2H3,(H3,40,43,44)/t37-/m1/s1. The summed E-state index contributed by atoms with van der Waals surface area (Å²) < 4.78 is 26.9. The molecule has 0 aliphatic heterocycles. The zero-order valence-corrected chi connectivity index (χ0v) is 32.4. The second-order valence-electron chi connectivity index (χ2n) is 14.1. The summed E-state index contributed by atoms with van der Waals surface area (Å²) >= 11 is 0. The Balaban J connectivity index is 3.88. The Bertz CT molecular complexity index is 761. The topological polar surface area (TPSA) is 125 Å². The maximum absolute atomic E-state index is 12.4. The van der Waals surface area contributed by atoms with Crippen LogP contribution in [0.1, 0.15) is 219 Å². The summed E-state index contributed by atoms with van der Waals surface area (Å²) in [6, 6.07) is 0. The lowest BCUT2D eigenvalue weighted by Gasteiger charge is -2.18. The van der Waals surface area contributed by atoms with Crippen LogP contribution < -0.4 is 5.50 Å². The van der Waals surface area contributed by atoms with Crippen LogP contribution in [0.5, 0.6) is 0 Å². The van der Waals surface area contributed by atoms with Gasteiger partial charge in [0.05, 0.1) is 6.61 Å². The van der Waals surface area contributed by atoms with E-state index < -0.39 is 26.4 Å². The van der Waals surface area contributed by atoms with Gasteiger partial charge in [-0.1, -0.05) is 194 Å². The van der Waals surface area contributed by atoms with Crippen LogP contribution in [0, 0.1) is 0 Å². The first-order valence-electron chi connectivity index (χ1n) is 20.4. The van der Waals surface area contributed by atoms with Gasteiger partial charge in [0.1, 0.15) is 6.61 Å². The van der Waals surface area contributed by atoms with Crippen molar-refractivity contribution in [3.63, 3.8) is 0 Å². The highest BCUT2D eigenvalue weighted by Crippen LogP contribution is 2.31. The molecule has 0 rings (SSSR count). The summed E-state index contributed by atoms with van der Waals surface area (Å²) in [5.41, 5.74) is 5.08. The molecule has 1 unspecified atom stereocenters. The Kier molecular flexibility index (Phi) is 35.2. The summed E-state index contributed by atoms with van der Waals surface area (Å²) in [7, 11) is -4.24. The van der Waals surface area contributed by atoms with E-state index >= 15 is 0 Å². The lowest BCUT2D eigenvalue weighted by Crippen LogP contribution is -2.29. The molecule has 48 heavy (non-hydrogen) atoms. The van der Waals surface area contributed by atoms with Crippen molar-refractivity contribution in [2.24, 2.45) is 5.50 Å². The molecular formula is C39H78NO7P. The maximum atomic E-state index is 12.4. The molecule has 0 saturated heterocycles. The Hall–Kier alpha value is -0.950. The molecule has 0 saturated carbocycles. The molecule has 0 amide bonds. The van der Waals surface area contributed by atoms with Crippen LogP contribution in [0.2, 0.25) is 0 Å². The van der Waals surface area contributed by atoms with E-state index in [0.29, 0.717) is 6.42 Å². The highest BCUT2D eigenvalue weighted by atomic mass is 31.2. The Morgan fingerprint density at radius 3 is 1.10 bits per heavy atom. The summed E-state index contributed by atoms with van der Waals surface area (Å²) in [4.78, 5) is 34.0. The number of carbonyl (C=O) groups is 2. The van der Waals surface area contributed by atoms with Crippen molar-refractivity contribution in [3.05, 3.63) is 0 Å². The Labute approximate surface area is 296 Å². The minimum atomic E-state index is -4.24. The normalized spacial score (nSPS) is 13.3. The number of hydrogen-bond acceptors (Lipinski definition) is 6. The smallest absolute Gasteiger partial charge is 0.400 e. The van der Waals surface area contributed by atoms with Crippen molar-refractivity contribution < 1.29 is 33.0 Å². The first kappa shape index (κ1) is 47.0. The molecule has 8 nitrogen and oxygen atoms in total. The van der Waals surface area contributed by atoms with Gasteiger partial charge >= 0.3 is 19.7 Å². The summed E-state index contributed by atoms with van der Waals surface area (Å²) in [6.45, 7) is 3.90. The Morgan fingerprint density at radius 2 is 0.792 bits per heavy atom. The largest absolute Gasteiger partial charge is 0.462 e. The van der Waals surface area contributed by atoms with E-state index in [-0.39, 0.29) is 19.0 Å². The predicted molar refractivity (Wildman–Crippen MR) is 200 cm³/mol. The number of unbranched alkanes of at least 4 members (excludes halogenated alkanes) is 28. The molecule has 2 atom stereocenters. The van der Waals surface area contributed by atoms with E-state index in [0.717, 1.165) is 38.5 Å². The number of rotatable bonds is 38. The van der Waals surface area contributed by atoms with Crippen molar-refractivity contribution in [2.75, 3.05) is 13.2 Å². The molecule has 286 valence electrons. The number of esters is 2. The van der Waals surface area contributed by atoms with E-state index in [9.17, 15) is 19.0 Å². The number of ether oxygens (including phenoxy) is 2. The van der Waals surface area contributed by atoms with Gasteiger partial charge in [0.2, 0.25) is 0 Å². The Morgan fingerprint density at radius 1 is 0.500 bits per heavy atom. The number of nitrogens with two attached hydrogens (primary N) is 1. The highest BCUT2D eigenvalue weighted by Gasteiger charge is 2.21. The van der Waals surface area contributed by atoms with Gasteiger partial charge in [-0.2, -0.15) is 0 Å². The lowest BCUT2D eigenvalue weighted by atomic mass is 10.0. The fraction of sp³-hybridized carbons (Fsp3) is 0.949. The van der Waals surface area contributed by atoms with E-state index in [1.165, 1.54) is 154 Å². The number of carbonyl (C=O) groups excluding carboxylic acids is 2. The van der Waals surface area contributed by atoms with Crippen molar-refractivity contribution in [3.8, 4) is 0 Å². The molecule has 0 bridgehead atoms. The maximum Gasteiger partial charge on any atom is 0.400 e. The van der Waals surface area contributed by atoms with Crippen LogP contribution in [-0.4, -0.2) is 36.1 Å². The third kappa shape index (κ3) is 37.9. The van der Waals surface area contributed by atoms with Gasteiger partial charge in [-0.15, -0.1) is 0 Å². The van der Waals surface area contributed by atoms with Crippen LogP contribution in [0.3, 0.4) is 0 Å². The highest BCUT2D eigenvalue weighted by molar-refractivity contribution is 7.50. The molecule has 0 radical (unpaired) electrons. The second kappa shape index (κ2) is 35.9. The van der Waals surface area contributed by atoms with E-state index in [1.807, 2.05) is 0 Å². The monoisotopic (exact) mass is 704 g/mol. The molecule has 0 heterocycles. The first-order chi connectivity index (χ1) is 23.3. The second-order valence-corrected chi connectivity index (χ2v) is 15.4. The van der Waals surface area contributed by atoms with Gasteiger partial charge in [-0.05, 0) is 12.8 Å². The van der Waals surface area contributed by atoms with Crippen molar-refractivity contribution in [1.82, 2.24) is 0 Å². The van der Waals surface area contributed by atoms with Gasteiger partial charge in [-0.3, -0.25) is 14.1 Å². The van der Waals surface area contributed by atoms with Gasteiger partial charge in [0.15, 0.2) is 6.10 Å². The van der Waals surface area contributed by atoms with Crippen LogP contribution in [-0.2, 0) is 28.2 Å².